The lowest BCUT2D eigenvalue weighted by molar-refractivity contribution is 0.0994. The highest BCUT2D eigenvalue weighted by Gasteiger charge is 2.19. The Labute approximate surface area is 126 Å². The van der Waals surface area contributed by atoms with Crippen LogP contribution in [0.5, 0.6) is 0 Å². The van der Waals surface area contributed by atoms with Crippen molar-refractivity contribution in [1.29, 1.82) is 0 Å². The van der Waals surface area contributed by atoms with Crippen molar-refractivity contribution in [2.45, 2.75) is 17.2 Å². The van der Waals surface area contributed by atoms with E-state index in [0.717, 1.165) is 5.03 Å². The minimum Gasteiger partial charge on any atom is -0.293 e. The Morgan fingerprint density at radius 1 is 1.26 bits per heavy atom. The maximum absolute atomic E-state index is 12.3. The Kier molecular flexibility index (Phi) is 4.86. The molecule has 0 saturated heterocycles. The van der Waals surface area contributed by atoms with Crippen LogP contribution in [0.4, 0.5) is 0 Å². The van der Waals surface area contributed by atoms with Gasteiger partial charge in [0.2, 0.25) is 0 Å². The lowest BCUT2D eigenvalue weighted by Crippen LogP contribution is -2.14. The van der Waals surface area contributed by atoms with Gasteiger partial charge in [-0.1, -0.05) is 41.0 Å². The van der Waals surface area contributed by atoms with Gasteiger partial charge in [-0.25, -0.2) is 4.98 Å². The molecule has 0 bridgehead atoms. The molecular weight excluding hydrogens is 301 g/mol. The smallest absolute Gasteiger partial charge is 0.177 e. The average molecular weight is 312 g/mol. The fraction of sp³-hybridized carbons (Fsp3) is 0.143. The summed E-state index contributed by atoms with van der Waals surface area (Å²) in [5.74, 6) is -0.0303. The van der Waals surface area contributed by atoms with Crippen LogP contribution in [-0.4, -0.2) is 16.0 Å². The molecule has 1 atom stereocenters. The van der Waals surface area contributed by atoms with Gasteiger partial charge in [0.1, 0.15) is 0 Å². The van der Waals surface area contributed by atoms with Crippen molar-refractivity contribution in [3.05, 3.63) is 58.2 Å². The molecule has 1 aromatic heterocycles. The van der Waals surface area contributed by atoms with Crippen LogP contribution in [0.3, 0.4) is 0 Å². The number of benzene rings is 1. The highest BCUT2D eigenvalue weighted by Crippen LogP contribution is 2.27. The maximum atomic E-state index is 12.3. The molecule has 1 heterocycles. The van der Waals surface area contributed by atoms with Gasteiger partial charge in [0, 0.05) is 16.8 Å². The number of carbonyl (C=O) groups is 1. The quantitative estimate of drug-likeness (QED) is 0.602. The molecule has 19 heavy (non-hydrogen) atoms. The van der Waals surface area contributed by atoms with Gasteiger partial charge in [-0.05, 0) is 37.3 Å². The minimum absolute atomic E-state index is 0.0303. The van der Waals surface area contributed by atoms with Crippen LogP contribution in [0.15, 0.2) is 47.6 Å². The molecule has 1 unspecified atom stereocenters. The highest BCUT2D eigenvalue weighted by molar-refractivity contribution is 8.00. The number of hydrogen-bond acceptors (Lipinski definition) is 3. The standard InChI is InChI=1S/C14H11Cl2NOS/c1-9(19-13-4-2-3-7-17-13)14(18)11-6-5-10(15)8-12(11)16/h2-9H,1H3. The van der Waals surface area contributed by atoms with Gasteiger partial charge in [0.15, 0.2) is 5.78 Å². The molecule has 0 saturated carbocycles. The number of nitrogens with zero attached hydrogens (tertiary/aromatic N) is 1. The molecule has 0 radical (unpaired) electrons. The summed E-state index contributed by atoms with van der Waals surface area (Å²) >= 11 is 13.3. The first-order valence-electron chi connectivity index (χ1n) is 5.65. The summed E-state index contributed by atoms with van der Waals surface area (Å²) in [6, 6.07) is 10.5. The van der Waals surface area contributed by atoms with Crippen LogP contribution in [0.25, 0.3) is 0 Å². The summed E-state index contributed by atoms with van der Waals surface area (Å²) in [5.41, 5.74) is 0.488. The van der Waals surface area contributed by atoms with Gasteiger partial charge < -0.3 is 0 Å². The molecule has 0 aliphatic rings. The number of thioether (sulfide) groups is 1. The number of aromatic nitrogens is 1. The van der Waals surface area contributed by atoms with Crippen LogP contribution in [0, 0.1) is 0 Å². The molecule has 0 amide bonds. The number of carbonyl (C=O) groups excluding carboxylic acids is 1. The predicted molar refractivity (Wildman–Crippen MR) is 80.3 cm³/mol. The molecule has 0 N–H and O–H groups in total. The van der Waals surface area contributed by atoms with Crippen molar-refractivity contribution in [3.63, 3.8) is 0 Å². The molecule has 0 aliphatic heterocycles. The van der Waals surface area contributed by atoms with Crippen LogP contribution in [0.2, 0.25) is 10.0 Å². The zero-order chi connectivity index (χ0) is 13.8. The van der Waals surface area contributed by atoms with E-state index in [4.69, 9.17) is 23.2 Å². The summed E-state index contributed by atoms with van der Waals surface area (Å²) in [6.45, 7) is 1.84. The summed E-state index contributed by atoms with van der Waals surface area (Å²) in [6.07, 6.45) is 1.70. The first kappa shape index (κ1) is 14.4. The summed E-state index contributed by atoms with van der Waals surface area (Å²) in [7, 11) is 0. The van der Waals surface area contributed by atoms with Crippen molar-refractivity contribution in [3.8, 4) is 0 Å². The molecule has 2 rings (SSSR count). The Bertz CT molecular complexity index is 589. The fourth-order valence-electron chi connectivity index (χ4n) is 1.56. The summed E-state index contributed by atoms with van der Waals surface area (Å²) < 4.78 is 0. The molecule has 2 aromatic rings. The van der Waals surface area contributed by atoms with Crippen molar-refractivity contribution in [2.75, 3.05) is 0 Å². The third kappa shape index (κ3) is 3.72. The van der Waals surface area contributed by atoms with Crippen LogP contribution >= 0.6 is 35.0 Å². The number of halogens is 2. The zero-order valence-corrected chi connectivity index (χ0v) is 12.5. The molecule has 0 aliphatic carbocycles. The van der Waals surface area contributed by atoms with E-state index in [-0.39, 0.29) is 11.0 Å². The predicted octanol–water partition coefficient (Wildman–Crippen LogP) is 4.75. The molecule has 98 valence electrons. The second-order valence-electron chi connectivity index (χ2n) is 3.92. The summed E-state index contributed by atoms with van der Waals surface area (Å²) in [5, 5.41) is 1.46. The third-order valence-electron chi connectivity index (χ3n) is 2.50. The molecule has 5 heteroatoms. The number of Topliss-reactive ketones (excluding diaryl/α,β-unsaturated/α-hetero) is 1. The van der Waals surface area contributed by atoms with E-state index in [9.17, 15) is 4.79 Å². The minimum atomic E-state index is -0.256. The van der Waals surface area contributed by atoms with Crippen LogP contribution in [0.1, 0.15) is 17.3 Å². The topological polar surface area (TPSA) is 30.0 Å². The van der Waals surface area contributed by atoms with Crippen molar-refractivity contribution in [1.82, 2.24) is 4.98 Å². The lowest BCUT2D eigenvalue weighted by atomic mass is 10.1. The van der Waals surface area contributed by atoms with Crippen molar-refractivity contribution < 1.29 is 4.79 Å². The molecular formula is C14H11Cl2NOS. The Hall–Kier alpha value is -1.03. The maximum Gasteiger partial charge on any atom is 0.177 e. The van der Waals surface area contributed by atoms with Gasteiger partial charge in [-0.15, -0.1) is 0 Å². The Morgan fingerprint density at radius 3 is 2.68 bits per heavy atom. The number of hydrogen-bond donors (Lipinski definition) is 0. The van der Waals surface area contributed by atoms with E-state index < -0.39 is 0 Å². The normalized spacial score (nSPS) is 12.2. The van der Waals surface area contributed by atoms with Gasteiger partial charge in [-0.3, -0.25) is 4.79 Å². The van der Waals surface area contributed by atoms with E-state index >= 15 is 0 Å². The second-order valence-corrected chi connectivity index (χ2v) is 6.12. The van der Waals surface area contributed by atoms with Crippen LogP contribution in [-0.2, 0) is 0 Å². The van der Waals surface area contributed by atoms with Gasteiger partial charge in [0.25, 0.3) is 0 Å². The zero-order valence-electron chi connectivity index (χ0n) is 10.1. The molecule has 2 nitrogen and oxygen atoms in total. The van der Waals surface area contributed by atoms with Crippen molar-refractivity contribution in [2.24, 2.45) is 0 Å². The first-order chi connectivity index (χ1) is 9.08. The monoisotopic (exact) mass is 311 g/mol. The van der Waals surface area contributed by atoms with E-state index in [1.807, 2.05) is 25.1 Å². The molecule has 0 spiro atoms. The van der Waals surface area contributed by atoms with E-state index in [1.54, 1.807) is 24.4 Å². The Balaban J connectivity index is 2.15. The molecule has 1 aromatic carbocycles. The van der Waals surface area contributed by atoms with Crippen LogP contribution < -0.4 is 0 Å². The number of pyridine rings is 1. The second kappa shape index (κ2) is 6.42. The lowest BCUT2D eigenvalue weighted by Gasteiger charge is -2.11. The number of ketones is 1. The largest absolute Gasteiger partial charge is 0.293 e. The van der Waals surface area contributed by atoms with Gasteiger partial charge in [-0.2, -0.15) is 0 Å². The average Bonchev–Trinajstić information content (AvgIpc) is 2.39. The summed E-state index contributed by atoms with van der Waals surface area (Å²) in [4.78, 5) is 16.5. The fourth-order valence-corrected chi connectivity index (χ4v) is 2.94. The van der Waals surface area contributed by atoms with Crippen molar-refractivity contribution >= 4 is 40.7 Å². The first-order valence-corrected chi connectivity index (χ1v) is 7.28. The van der Waals surface area contributed by atoms with Gasteiger partial charge in [0.05, 0.1) is 15.3 Å². The van der Waals surface area contributed by atoms with E-state index in [0.29, 0.717) is 15.6 Å². The SMILES string of the molecule is CC(Sc1ccccn1)C(=O)c1ccc(Cl)cc1Cl. The van der Waals surface area contributed by atoms with E-state index in [1.165, 1.54) is 11.8 Å². The van der Waals surface area contributed by atoms with E-state index in [2.05, 4.69) is 4.98 Å². The third-order valence-corrected chi connectivity index (χ3v) is 4.10. The molecule has 0 fully saturated rings. The highest BCUT2D eigenvalue weighted by atomic mass is 35.5. The number of rotatable bonds is 4. The Morgan fingerprint density at radius 2 is 2.05 bits per heavy atom. The van der Waals surface area contributed by atoms with Gasteiger partial charge >= 0.3 is 0 Å².